The van der Waals surface area contributed by atoms with Crippen LogP contribution in [0, 0.1) is 6.92 Å². The van der Waals surface area contributed by atoms with Crippen molar-refractivity contribution < 1.29 is 0 Å². The zero-order valence-electron chi connectivity index (χ0n) is 13.1. The first-order valence-corrected chi connectivity index (χ1v) is 7.56. The van der Waals surface area contributed by atoms with Gasteiger partial charge in [-0.05, 0) is 26.0 Å². The van der Waals surface area contributed by atoms with E-state index in [0.717, 1.165) is 43.5 Å². The number of benzene rings is 1. The quantitative estimate of drug-likeness (QED) is 0.847. The zero-order valence-corrected chi connectivity index (χ0v) is 13.1. The average Bonchev–Trinajstić information content (AvgIpc) is 2.47. The van der Waals surface area contributed by atoms with Gasteiger partial charge in [-0.2, -0.15) is 0 Å². The van der Waals surface area contributed by atoms with Gasteiger partial charge in [-0.25, -0.2) is 9.97 Å². The minimum atomic E-state index is 0.769. The van der Waals surface area contributed by atoms with Crippen LogP contribution in [0.1, 0.15) is 30.9 Å². The van der Waals surface area contributed by atoms with E-state index in [1.807, 2.05) is 19.1 Å². The topological polar surface area (TPSA) is 41.1 Å². The number of aryl methyl sites for hydroxylation is 1. The molecule has 0 aliphatic carbocycles. The number of rotatable bonds is 7. The van der Waals surface area contributed by atoms with Crippen LogP contribution in [0.5, 0.6) is 0 Å². The van der Waals surface area contributed by atoms with Crippen molar-refractivity contribution in [2.24, 2.45) is 0 Å². The molecular formula is C17H24N4. The third kappa shape index (κ3) is 4.83. The van der Waals surface area contributed by atoms with Crippen LogP contribution in [0.3, 0.4) is 0 Å². The Kier molecular flexibility index (Phi) is 5.69. The standard InChI is InChI=1S/C17H24N4/c1-4-18-16-11-14(3)19-17(20-16)13-21(5-2)12-15-9-7-6-8-10-15/h6-11H,4-5,12-13H2,1-3H3,(H,18,19,20). The maximum absolute atomic E-state index is 4.59. The molecule has 2 rings (SSSR count). The first-order valence-electron chi connectivity index (χ1n) is 7.56. The maximum atomic E-state index is 4.59. The van der Waals surface area contributed by atoms with E-state index in [9.17, 15) is 0 Å². The molecule has 21 heavy (non-hydrogen) atoms. The minimum absolute atomic E-state index is 0.769. The highest BCUT2D eigenvalue weighted by molar-refractivity contribution is 5.35. The van der Waals surface area contributed by atoms with Gasteiger partial charge in [0.1, 0.15) is 11.6 Å². The Morgan fingerprint density at radius 3 is 2.48 bits per heavy atom. The lowest BCUT2D eigenvalue weighted by Gasteiger charge is -2.20. The second-order valence-electron chi connectivity index (χ2n) is 5.13. The van der Waals surface area contributed by atoms with Crippen molar-refractivity contribution >= 4 is 5.82 Å². The van der Waals surface area contributed by atoms with Crippen LogP contribution in [0.2, 0.25) is 0 Å². The van der Waals surface area contributed by atoms with Crippen LogP contribution in [0.25, 0.3) is 0 Å². The van der Waals surface area contributed by atoms with Gasteiger partial charge in [0, 0.05) is 24.8 Å². The predicted octanol–water partition coefficient (Wildman–Crippen LogP) is 3.24. The fraction of sp³-hybridized carbons (Fsp3) is 0.412. The Balaban J connectivity index is 2.07. The molecule has 112 valence electrons. The molecule has 1 heterocycles. The van der Waals surface area contributed by atoms with E-state index in [4.69, 9.17) is 0 Å². The third-order valence-electron chi connectivity index (χ3n) is 3.32. The largest absolute Gasteiger partial charge is 0.370 e. The molecule has 0 spiro atoms. The zero-order chi connectivity index (χ0) is 15.1. The van der Waals surface area contributed by atoms with Gasteiger partial charge in [-0.15, -0.1) is 0 Å². The normalized spacial score (nSPS) is 10.9. The molecule has 0 saturated heterocycles. The third-order valence-corrected chi connectivity index (χ3v) is 3.32. The van der Waals surface area contributed by atoms with Crippen LogP contribution >= 0.6 is 0 Å². The highest BCUT2D eigenvalue weighted by Crippen LogP contribution is 2.10. The summed E-state index contributed by atoms with van der Waals surface area (Å²) in [7, 11) is 0. The minimum Gasteiger partial charge on any atom is -0.370 e. The van der Waals surface area contributed by atoms with E-state index in [1.165, 1.54) is 5.56 Å². The van der Waals surface area contributed by atoms with Gasteiger partial charge in [0.2, 0.25) is 0 Å². The number of anilines is 1. The van der Waals surface area contributed by atoms with Crippen molar-refractivity contribution in [2.45, 2.75) is 33.9 Å². The molecular weight excluding hydrogens is 260 g/mol. The Morgan fingerprint density at radius 2 is 1.81 bits per heavy atom. The van der Waals surface area contributed by atoms with Crippen LogP contribution in [0.15, 0.2) is 36.4 Å². The van der Waals surface area contributed by atoms with Gasteiger partial charge < -0.3 is 5.32 Å². The summed E-state index contributed by atoms with van der Waals surface area (Å²) in [5, 5.41) is 3.26. The molecule has 0 unspecified atom stereocenters. The van der Waals surface area contributed by atoms with Gasteiger partial charge in [-0.3, -0.25) is 4.90 Å². The molecule has 0 aliphatic heterocycles. The lowest BCUT2D eigenvalue weighted by atomic mass is 10.2. The Hall–Kier alpha value is -1.94. The van der Waals surface area contributed by atoms with Crippen molar-refractivity contribution in [3.63, 3.8) is 0 Å². The first-order chi connectivity index (χ1) is 10.2. The van der Waals surface area contributed by atoms with Crippen molar-refractivity contribution in [1.29, 1.82) is 0 Å². The Labute approximate surface area is 127 Å². The molecule has 0 saturated carbocycles. The Bertz CT molecular complexity index is 554. The van der Waals surface area contributed by atoms with Crippen LogP contribution in [-0.4, -0.2) is 28.0 Å². The smallest absolute Gasteiger partial charge is 0.144 e. The predicted molar refractivity (Wildman–Crippen MR) is 87.2 cm³/mol. The van der Waals surface area contributed by atoms with Gasteiger partial charge >= 0.3 is 0 Å². The number of nitrogens with one attached hydrogen (secondary N) is 1. The molecule has 1 N–H and O–H groups in total. The molecule has 4 heteroatoms. The van der Waals surface area contributed by atoms with Crippen molar-refractivity contribution in [3.05, 3.63) is 53.5 Å². The summed E-state index contributed by atoms with van der Waals surface area (Å²) >= 11 is 0. The second-order valence-corrected chi connectivity index (χ2v) is 5.13. The summed E-state index contributed by atoms with van der Waals surface area (Å²) in [6.07, 6.45) is 0. The SMILES string of the molecule is CCNc1cc(C)nc(CN(CC)Cc2ccccc2)n1. The number of hydrogen-bond donors (Lipinski definition) is 1. The summed E-state index contributed by atoms with van der Waals surface area (Å²) < 4.78 is 0. The fourth-order valence-electron chi connectivity index (χ4n) is 2.29. The molecule has 0 atom stereocenters. The van der Waals surface area contributed by atoms with Crippen LogP contribution in [0.4, 0.5) is 5.82 Å². The maximum Gasteiger partial charge on any atom is 0.144 e. The molecule has 2 aromatic rings. The van der Waals surface area contributed by atoms with E-state index in [1.54, 1.807) is 0 Å². The second kappa shape index (κ2) is 7.74. The molecule has 4 nitrogen and oxygen atoms in total. The van der Waals surface area contributed by atoms with Crippen molar-refractivity contribution in [1.82, 2.24) is 14.9 Å². The lowest BCUT2D eigenvalue weighted by molar-refractivity contribution is 0.264. The van der Waals surface area contributed by atoms with E-state index in [-0.39, 0.29) is 0 Å². The molecule has 0 bridgehead atoms. The van der Waals surface area contributed by atoms with Gasteiger partial charge in [0.15, 0.2) is 0 Å². The Morgan fingerprint density at radius 1 is 1.05 bits per heavy atom. The van der Waals surface area contributed by atoms with Crippen molar-refractivity contribution in [3.8, 4) is 0 Å². The fourth-order valence-corrected chi connectivity index (χ4v) is 2.29. The summed E-state index contributed by atoms with van der Waals surface area (Å²) in [5.41, 5.74) is 2.32. The van der Waals surface area contributed by atoms with Crippen LogP contribution in [-0.2, 0) is 13.1 Å². The van der Waals surface area contributed by atoms with E-state index in [2.05, 4.69) is 58.3 Å². The molecule has 0 fully saturated rings. The average molecular weight is 284 g/mol. The summed E-state index contributed by atoms with van der Waals surface area (Å²) in [6, 6.07) is 12.5. The molecule has 0 amide bonds. The summed E-state index contributed by atoms with van der Waals surface area (Å²) in [6.45, 7) is 9.80. The summed E-state index contributed by atoms with van der Waals surface area (Å²) in [5.74, 6) is 1.79. The van der Waals surface area contributed by atoms with Gasteiger partial charge in [0.25, 0.3) is 0 Å². The van der Waals surface area contributed by atoms with E-state index >= 15 is 0 Å². The first kappa shape index (κ1) is 15.4. The molecule has 1 aromatic carbocycles. The van der Waals surface area contributed by atoms with Crippen LogP contribution < -0.4 is 5.32 Å². The van der Waals surface area contributed by atoms with E-state index in [0.29, 0.717) is 0 Å². The molecule has 0 aliphatic rings. The van der Waals surface area contributed by atoms with Gasteiger partial charge in [-0.1, -0.05) is 37.3 Å². The highest BCUT2D eigenvalue weighted by atomic mass is 15.1. The number of nitrogens with zero attached hydrogens (tertiary/aromatic N) is 3. The summed E-state index contributed by atoms with van der Waals surface area (Å²) in [4.78, 5) is 11.5. The van der Waals surface area contributed by atoms with Gasteiger partial charge in [0.05, 0.1) is 6.54 Å². The van der Waals surface area contributed by atoms with E-state index < -0.39 is 0 Å². The monoisotopic (exact) mass is 284 g/mol. The molecule has 1 aromatic heterocycles. The highest BCUT2D eigenvalue weighted by Gasteiger charge is 2.08. The number of hydrogen-bond acceptors (Lipinski definition) is 4. The molecule has 0 radical (unpaired) electrons. The number of aromatic nitrogens is 2. The van der Waals surface area contributed by atoms with Crippen molar-refractivity contribution in [2.75, 3.05) is 18.4 Å². The lowest BCUT2D eigenvalue weighted by Crippen LogP contribution is -2.24.